The average Bonchev–Trinajstić information content (AvgIpc) is 2.49. The van der Waals surface area contributed by atoms with E-state index in [0.717, 1.165) is 25.9 Å². The average molecular weight is 286 g/mol. The van der Waals surface area contributed by atoms with Crippen molar-refractivity contribution >= 4 is 11.7 Å². The zero-order valence-electron chi connectivity index (χ0n) is 12.4. The van der Waals surface area contributed by atoms with Gasteiger partial charge in [0.05, 0.1) is 6.04 Å². The number of hydrogen-bond donors (Lipinski definition) is 2. The Balaban J connectivity index is 2.49. The standard InChI is InChI=1S/C13H26N4O3/c1-3-5-11(13(14)15-19)16-6-8-17(9-7-16)12(18)10-20-4-2/h11,19H,3-10H2,1-2H3,(H2,14,15). The number of piperazine rings is 1. The van der Waals surface area contributed by atoms with Crippen LogP contribution in [-0.2, 0) is 9.53 Å². The second-order valence-corrected chi connectivity index (χ2v) is 4.88. The third kappa shape index (κ3) is 4.64. The summed E-state index contributed by atoms with van der Waals surface area (Å²) in [6.07, 6.45) is 1.81. The fourth-order valence-corrected chi connectivity index (χ4v) is 2.42. The maximum absolute atomic E-state index is 11.8. The van der Waals surface area contributed by atoms with E-state index in [0.29, 0.717) is 19.7 Å². The van der Waals surface area contributed by atoms with E-state index in [1.54, 1.807) is 4.90 Å². The summed E-state index contributed by atoms with van der Waals surface area (Å²) in [7, 11) is 0. The van der Waals surface area contributed by atoms with Gasteiger partial charge in [-0.15, -0.1) is 0 Å². The number of carbonyl (C=O) groups excluding carboxylic acids is 1. The van der Waals surface area contributed by atoms with Crippen molar-refractivity contribution in [3.05, 3.63) is 0 Å². The highest BCUT2D eigenvalue weighted by atomic mass is 16.5. The number of nitrogens with zero attached hydrogens (tertiary/aromatic N) is 3. The first kappa shape index (κ1) is 16.7. The lowest BCUT2D eigenvalue weighted by Crippen LogP contribution is -2.55. The van der Waals surface area contributed by atoms with Crippen LogP contribution in [0.15, 0.2) is 5.16 Å². The zero-order chi connectivity index (χ0) is 15.0. The number of oxime groups is 1. The maximum atomic E-state index is 11.8. The molecule has 7 nitrogen and oxygen atoms in total. The van der Waals surface area contributed by atoms with E-state index in [1.807, 2.05) is 6.92 Å². The molecule has 0 aromatic rings. The Labute approximate surface area is 120 Å². The Hall–Kier alpha value is -1.34. The number of amides is 1. The van der Waals surface area contributed by atoms with Crippen molar-refractivity contribution in [2.24, 2.45) is 10.9 Å². The highest BCUT2D eigenvalue weighted by Crippen LogP contribution is 2.12. The van der Waals surface area contributed by atoms with Crippen molar-refractivity contribution < 1.29 is 14.7 Å². The number of carbonyl (C=O) groups is 1. The minimum Gasteiger partial charge on any atom is -0.409 e. The van der Waals surface area contributed by atoms with Crippen molar-refractivity contribution in [3.63, 3.8) is 0 Å². The summed E-state index contributed by atoms with van der Waals surface area (Å²) in [5, 5.41) is 12.0. The Kier molecular flexibility index (Phi) is 7.32. The largest absolute Gasteiger partial charge is 0.409 e. The van der Waals surface area contributed by atoms with E-state index < -0.39 is 0 Å². The summed E-state index contributed by atoms with van der Waals surface area (Å²) in [4.78, 5) is 15.8. The SMILES string of the molecule is CCCC(C(N)=NO)N1CCN(C(=O)COCC)CC1. The van der Waals surface area contributed by atoms with Gasteiger partial charge >= 0.3 is 0 Å². The molecule has 1 unspecified atom stereocenters. The van der Waals surface area contributed by atoms with Crippen molar-refractivity contribution in [1.29, 1.82) is 0 Å². The second kappa shape index (κ2) is 8.76. The Morgan fingerprint density at radius 1 is 1.35 bits per heavy atom. The number of amidine groups is 1. The summed E-state index contributed by atoms with van der Waals surface area (Å²) in [6, 6.07) is -0.0471. The van der Waals surface area contributed by atoms with Crippen molar-refractivity contribution in [3.8, 4) is 0 Å². The molecule has 0 saturated carbocycles. The fraction of sp³-hybridized carbons (Fsp3) is 0.846. The van der Waals surface area contributed by atoms with E-state index in [-0.39, 0.29) is 24.4 Å². The molecule has 1 heterocycles. The molecule has 0 radical (unpaired) electrons. The third-order valence-electron chi connectivity index (χ3n) is 3.56. The highest BCUT2D eigenvalue weighted by Gasteiger charge is 2.27. The van der Waals surface area contributed by atoms with Gasteiger partial charge in [-0.2, -0.15) is 0 Å². The molecule has 1 atom stereocenters. The first-order valence-corrected chi connectivity index (χ1v) is 7.21. The van der Waals surface area contributed by atoms with Gasteiger partial charge in [0.25, 0.3) is 0 Å². The number of hydrogen-bond acceptors (Lipinski definition) is 5. The van der Waals surface area contributed by atoms with E-state index in [1.165, 1.54) is 0 Å². The molecule has 1 aliphatic heterocycles. The van der Waals surface area contributed by atoms with Crippen LogP contribution in [0.4, 0.5) is 0 Å². The first-order chi connectivity index (χ1) is 9.63. The molecule has 0 aromatic heterocycles. The molecule has 1 saturated heterocycles. The van der Waals surface area contributed by atoms with Gasteiger partial charge in [0.15, 0.2) is 5.84 Å². The van der Waals surface area contributed by atoms with Crippen LogP contribution in [0.5, 0.6) is 0 Å². The molecule has 0 aliphatic carbocycles. The zero-order valence-corrected chi connectivity index (χ0v) is 12.4. The molecular formula is C13H26N4O3. The second-order valence-electron chi connectivity index (χ2n) is 4.88. The van der Waals surface area contributed by atoms with Crippen molar-refractivity contribution in [2.45, 2.75) is 32.7 Å². The van der Waals surface area contributed by atoms with Crippen LogP contribution in [0.2, 0.25) is 0 Å². The van der Waals surface area contributed by atoms with E-state index >= 15 is 0 Å². The summed E-state index contributed by atoms with van der Waals surface area (Å²) in [5.74, 6) is 0.281. The van der Waals surface area contributed by atoms with E-state index in [2.05, 4.69) is 17.0 Å². The lowest BCUT2D eigenvalue weighted by molar-refractivity contribution is -0.137. The lowest BCUT2D eigenvalue weighted by Gasteiger charge is -2.38. The Morgan fingerprint density at radius 3 is 2.50 bits per heavy atom. The highest BCUT2D eigenvalue weighted by molar-refractivity contribution is 5.85. The fourth-order valence-electron chi connectivity index (χ4n) is 2.42. The summed E-state index contributed by atoms with van der Waals surface area (Å²) in [5.41, 5.74) is 5.75. The molecule has 7 heteroatoms. The molecule has 0 bridgehead atoms. The predicted molar refractivity (Wildman–Crippen MR) is 76.8 cm³/mol. The van der Waals surface area contributed by atoms with E-state index in [4.69, 9.17) is 15.7 Å². The molecule has 20 heavy (non-hydrogen) atoms. The minimum absolute atomic E-state index is 0.0299. The van der Waals surface area contributed by atoms with Gasteiger partial charge < -0.3 is 20.6 Å². The molecule has 3 N–H and O–H groups in total. The quantitative estimate of drug-likeness (QED) is 0.299. The predicted octanol–water partition coefficient (Wildman–Crippen LogP) is 0.0822. The summed E-state index contributed by atoms with van der Waals surface area (Å²) < 4.78 is 5.14. The van der Waals surface area contributed by atoms with Crippen molar-refractivity contribution in [1.82, 2.24) is 9.80 Å². The van der Waals surface area contributed by atoms with Gasteiger partial charge in [0.2, 0.25) is 5.91 Å². The normalized spacial score (nSPS) is 19.1. The van der Waals surface area contributed by atoms with Crippen LogP contribution >= 0.6 is 0 Å². The van der Waals surface area contributed by atoms with Gasteiger partial charge in [-0.1, -0.05) is 18.5 Å². The third-order valence-corrected chi connectivity index (χ3v) is 3.56. The van der Waals surface area contributed by atoms with Gasteiger partial charge in [-0.3, -0.25) is 9.69 Å². The molecule has 1 rings (SSSR count). The Bertz CT molecular complexity index is 328. The van der Waals surface area contributed by atoms with E-state index in [9.17, 15) is 4.79 Å². The van der Waals surface area contributed by atoms with Crippen LogP contribution in [0, 0.1) is 0 Å². The number of rotatable bonds is 7. The molecule has 0 spiro atoms. The van der Waals surface area contributed by atoms with Gasteiger partial charge in [0, 0.05) is 32.8 Å². The minimum atomic E-state index is -0.0471. The number of nitrogens with two attached hydrogens (primary N) is 1. The molecule has 0 aromatic carbocycles. The molecule has 1 aliphatic rings. The topological polar surface area (TPSA) is 91.4 Å². The van der Waals surface area contributed by atoms with Crippen LogP contribution in [-0.4, -0.2) is 72.2 Å². The van der Waals surface area contributed by atoms with Gasteiger partial charge in [-0.05, 0) is 13.3 Å². The molecule has 1 fully saturated rings. The van der Waals surface area contributed by atoms with Crippen LogP contribution in [0.25, 0.3) is 0 Å². The number of ether oxygens (including phenoxy) is 1. The van der Waals surface area contributed by atoms with Gasteiger partial charge in [0.1, 0.15) is 6.61 Å². The summed E-state index contributed by atoms with van der Waals surface area (Å²) >= 11 is 0. The lowest BCUT2D eigenvalue weighted by atomic mass is 10.1. The smallest absolute Gasteiger partial charge is 0.248 e. The summed E-state index contributed by atoms with van der Waals surface area (Å²) in [6.45, 7) is 7.42. The maximum Gasteiger partial charge on any atom is 0.248 e. The molecular weight excluding hydrogens is 260 g/mol. The first-order valence-electron chi connectivity index (χ1n) is 7.21. The molecule has 116 valence electrons. The van der Waals surface area contributed by atoms with Crippen LogP contribution in [0.1, 0.15) is 26.7 Å². The van der Waals surface area contributed by atoms with Gasteiger partial charge in [-0.25, -0.2) is 0 Å². The monoisotopic (exact) mass is 286 g/mol. The Morgan fingerprint density at radius 2 is 2.00 bits per heavy atom. The van der Waals surface area contributed by atoms with Crippen LogP contribution in [0.3, 0.4) is 0 Å². The van der Waals surface area contributed by atoms with Crippen LogP contribution < -0.4 is 5.73 Å². The molecule has 1 amide bonds. The van der Waals surface area contributed by atoms with Crippen molar-refractivity contribution in [2.75, 3.05) is 39.4 Å².